The Balaban J connectivity index is 2.73. The van der Waals surface area contributed by atoms with E-state index in [-0.39, 0.29) is 23.7 Å². The fourth-order valence-corrected chi connectivity index (χ4v) is 1.34. The van der Waals surface area contributed by atoms with Crippen molar-refractivity contribution in [2.45, 2.75) is 6.92 Å². The fraction of sp³-hybridized carbons (Fsp3) is 0.273. The molecule has 0 aliphatic carbocycles. The van der Waals surface area contributed by atoms with Gasteiger partial charge in [-0.05, 0) is 13.0 Å². The zero-order valence-corrected chi connectivity index (χ0v) is 9.80. The monoisotopic (exact) mass is 251 g/mol. The molecule has 0 atom stereocenters. The van der Waals surface area contributed by atoms with E-state index in [9.17, 15) is 19.7 Å². The molecule has 2 amide bonds. The number of amides is 2. The second-order valence-corrected chi connectivity index (χ2v) is 3.41. The quantitative estimate of drug-likeness (QED) is 0.586. The van der Waals surface area contributed by atoms with E-state index in [4.69, 9.17) is 0 Å². The first-order valence-electron chi connectivity index (χ1n) is 5.34. The number of hydrogen-bond donors (Lipinski definition) is 2. The van der Waals surface area contributed by atoms with Crippen LogP contribution in [0.25, 0.3) is 0 Å². The predicted molar refractivity (Wildman–Crippen MR) is 64.1 cm³/mol. The number of nitro benzene ring substituents is 1. The van der Waals surface area contributed by atoms with Crippen molar-refractivity contribution >= 4 is 17.5 Å². The van der Waals surface area contributed by atoms with Gasteiger partial charge in [0.25, 0.3) is 11.6 Å². The van der Waals surface area contributed by atoms with Crippen LogP contribution in [0.4, 0.5) is 5.69 Å². The first kappa shape index (κ1) is 13.6. The van der Waals surface area contributed by atoms with Crippen LogP contribution in [-0.4, -0.2) is 29.8 Å². The van der Waals surface area contributed by atoms with Gasteiger partial charge < -0.3 is 10.6 Å². The second-order valence-electron chi connectivity index (χ2n) is 3.41. The highest BCUT2D eigenvalue weighted by Crippen LogP contribution is 2.16. The van der Waals surface area contributed by atoms with Gasteiger partial charge in [-0.3, -0.25) is 19.7 Å². The molecule has 0 spiro atoms. The van der Waals surface area contributed by atoms with E-state index in [0.717, 1.165) is 0 Å². The summed E-state index contributed by atoms with van der Waals surface area (Å²) >= 11 is 0. The summed E-state index contributed by atoms with van der Waals surface area (Å²) in [6, 6.07) is 5.57. The van der Waals surface area contributed by atoms with Crippen molar-refractivity contribution in [2.75, 3.05) is 13.1 Å². The minimum atomic E-state index is -0.645. The number of benzene rings is 1. The number of para-hydroxylation sites is 1. The minimum absolute atomic E-state index is 0.0631. The van der Waals surface area contributed by atoms with Crippen LogP contribution < -0.4 is 10.6 Å². The molecular formula is C11H13N3O4. The normalized spacial score (nSPS) is 9.61. The highest BCUT2D eigenvalue weighted by Gasteiger charge is 2.19. The highest BCUT2D eigenvalue weighted by molar-refractivity contribution is 5.99. The fourth-order valence-electron chi connectivity index (χ4n) is 1.34. The van der Waals surface area contributed by atoms with Crippen molar-refractivity contribution in [3.63, 3.8) is 0 Å². The first-order valence-corrected chi connectivity index (χ1v) is 5.34. The van der Waals surface area contributed by atoms with Gasteiger partial charge in [-0.25, -0.2) is 0 Å². The van der Waals surface area contributed by atoms with Gasteiger partial charge in [0.05, 0.1) is 11.5 Å². The van der Waals surface area contributed by atoms with Crippen molar-refractivity contribution in [3.8, 4) is 0 Å². The maximum atomic E-state index is 11.7. The minimum Gasteiger partial charge on any atom is -0.355 e. The Bertz CT molecular complexity index is 473. The Morgan fingerprint density at radius 2 is 1.94 bits per heavy atom. The lowest BCUT2D eigenvalue weighted by molar-refractivity contribution is -0.385. The second kappa shape index (κ2) is 6.33. The zero-order valence-electron chi connectivity index (χ0n) is 9.80. The number of likely N-dealkylation sites (N-methyl/N-ethyl adjacent to an activating group) is 1. The van der Waals surface area contributed by atoms with Crippen molar-refractivity contribution in [2.24, 2.45) is 0 Å². The van der Waals surface area contributed by atoms with Gasteiger partial charge in [0.15, 0.2) is 0 Å². The van der Waals surface area contributed by atoms with Crippen molar-refractivity contribution in [1.82, 2.24) is 10.6 Å². The van der Waals surface area contributed by atoms with Gasteiger partial charge >= 0.3 is 0 Å². The van der Waals surface area contributed by atoms with E-state index in [1.807, 2.05) is 0 Å². The number of nitro groups is 1. The Morgan fingerprint density at radius 3 is 2.56 bits per heavy atom. The van der Waals surface area contributed by atoms with Gasteiger partial charge in [0, 0.05) is 12.6 Å². The molecule has 0 fully saturated rings. The SMILES string of the molecule is CCNC(=O)CNC(=O)c1ccccc1[N+](=O)[O-]. The number of nitrogens with zero attached hydrogens (tertiary/aromatic N) is 1. The summed E-state index contributed by atoms with van der Waals surface area (Å²) in [7, 11) is 0. The van der Waals surface area contributed by atoms with Crippen molar-refractivity contribution in [3.05, 3.63) is 39.9 Å². The van der Waals surface area contributed by atoms with Crippen LogP contribution in [0, 0.1) is 10.1 Å². The Hall–Kier alpha value is -2.44. The number of carbonyl (C=O) groups is 2. The third-order valence-electron chi connectivity index (χ3n) is 2.13. The topological polar surface area (TPSA) is 101 Å². The molecule has 0 bridgehead atoms. The molecule has 7 heteroatoms. The standard InChI is InChI=1S/C11H13N3O4/c1-2-12-10(15)7-13-11(16)8-5-3-4-6-9(8)14(17)18/h3-6H,2,7H2,1H3,(H,12,15)(H,13,16). The largest absolute Gasteiger partial charge is 0.355 e. The summed E-state index contributed by atoms with van der Waals surface area (Å²) in [6.07, 6.45) is 0. The first-order chi connectivity index (χ1) is 8.56. The number of nitrogens with one attached hydrogen (secondary N) is 2. The van der Waals surface area contributed by atoms with Crippen LogP contribution >= 0.6 is 0 Å². The molecule has 0 unspecified atom stereocenters. The lowest BCUT2D eigenvalue weighted by Gasteiger charge is -2.05. The molecular weight excluding hydrogens is 238 g/mol. The lowest BCUT2D eigenvalue weighted by Crippen LogP contribution is -2.36. The van der Waals surface area contributed by atoms with Crippen molar-refractivity contribution in [1.29, 1.82) is 0 Å². The number of hydrogen-bond acceptors (Lipinski definition) is 4. The maximum Gasteiger partial charge on any atom is 0.282 e. The van der Waals surface area contributed by atoms with Gasteiger partial charge in [0.2, 0.25) is 5.91 Å². The molecule has 0 aromatic heterocycles. The number of carbonyl (C=O) groups excluding carboxylic acids is 2. The molecule has 96 valence electrons. The van der Waals surface area contributed by atoms with Gasteiger partial charge in [-0.1, -0.05) is 12.1 Å². The van der Waals surface area contributed by atoms with Crippen LogP contribution in [0.1, 0.15) is 17.3 Å². The molecule has 1 aromatic rings. The summed E-state index contributed by atoms with van der Waals surface area (Å²) in [4.78, 5) is 32.9. The van der Waals surface area contributed by atoms with E-state index in [0.29, 0.717) is 6.54 Å². The van der Waals surface area contributed by atoms with E-state index < -0.39 is 10.8 Å². The van der Waals surface area contributed by atoms with E-state index in [1.165, 1.54) is 24.3 Å². The summed E-state index contributed by atoms with van der Waals surface area (Å²) < 4.78 is 0. The number of rotatable bonds is 5. The van der Waals surface area contributed by atoms with Crippen LogP contribution in [0.5, 0.6) is 0 Å². The van der Waals surface area contributed by atoms with E-state index in [1.54, 1.807) is 6.92 Å². The molecule has 0 aliphatic heterocycles. The Kier molecular flexibility index (Phi) is 4.79. The van der Waals surface area contributed by atoms with Gasteiger partial charge in [-0.15, -0.1) is 0 Å². The van der Waals surface area contributed by atoms with Crippen molar-refractivity contribution < 1.29 is 14.5 Å². The highest BCUT2D eigenvalue weighted by atomic mass is 16.6. The summed E-state index contributed by atoms with van der Waals surface area (Å²) in [5.74, 6) is -0.988. The van der Waals surface area contributed by atoms with Crippen LogP contribution in [-0.2, 0) is 4.79 Å². The van der Waals surface area contributed by atoms with Crippen LogP contribution in [0.15, 0.2) is 24.3 Å². The van der Waals surface area contributed by atoms with Crippen LogP contribution in [0.2, 0.25) is 0 Å². The maximum absolute atomic E-state index is 11.7. The average Bonchev–Trinajstić information content (AvgIpc) is 2.36. The molecule has 2 N–H and O–H groups in total. The van der Waals surface area contributed by atoms with Gasteiger partial charge in [0.1, 0.15) is 5.56 Å². The smallest absolute Gasteiger partial charge is 0.282 e. The molecule has 0 heterocycles. The molecule has 1 aromatic carbocycles. The summed E-state index contributed by atoms with van der Waals surface area (Å²) in [5.41, 5.74) is -0.349. The zero-order chi connectivity index (χ0) is 13.5. The Morgan fingerprint density at radius 1 is 1.28 bits per heavy atom. The van der Waals surface area contributed by atoms with Crippen LogP contribution in [0.3, 0.4) is 0 Å². The lowest BCUT2D eigenvalue weighted by atomic mass is 10.1. The third-order valence-corrected chi connectivity index (χ3v) is 2.13. The third kappa shape index (κ3) is 3.55. The van der Waals surface area contributed by atoms with E-state index in [2.05, 4.69) is 10.6 Å². The summed E-state index contributed by atoms with van der Waals surface area (Å²) in [6.45, 7) is 2.00. The summed E-state index contributed by atoms with van der Waals surface area (Å²) in [5, 5.41) is 15.5. The molecule has 0 aliphatic rings. The molecule has 18 heavy (non-hydrogen) atoms. The molecule has 1 rings (SSSR count). The van der Waals surface area contributed by atoms with E-state index >= 15 is 0 Å². The Labute approximate surface area is 103 Å². The molecule has 0 radical (unpaired) electrons. The molecule has 7 nitrogen and oxygen atoms in total. The average molecular weight is 251 g/mol. The van der Waals surface area contributed by atoms with Gasteiger partial charge in [-0.2, -0.15) is 0 Å². The molecule has 0 saturated carbocycles. The molecule has 0 saturated heterocycles. The predicted octanol–water partition coefficient (Wildman–Crippen LogP) is 0.461.